The van der Waals surface area contributed by atoms with Gasteiger partial charge in [0.05, 0.1) is 11.3 Å². The Morgan fingerprint density at radius 3 is 2.78 bits per heavy atom. The summed E-state index contributed by atoms with van der Waals surface area (Å²) in [6.45, 7) is 4.82. The highest BCUT2D eigenvalue weighted by atomic mass is 15.2. The lowest BCUT2D eigenvalue weighted by Gasteiger charge is -2.34. The minimum Gasteiger partial charge on any atom is -0.381 e. The van der Waals surface area contributed by atoms with Crippen LogP contribution in [0.5, 0.6) is 0 Å². The predicted octanol–water partition coefficient (Wildman–Crippen LogP) is 3.22. The Morgan fingerprint density at radius 2 is 2.04 bits per heavy atom. The van der Waals surface area contributed by atoms with E-state index in [-0.39, 0.29) is 0 Å². The zero-order valence-corrected chi connectivity index (χ0v) is 15.8. The largest absolute Gasteiger partial charge is 0.381 e. The summed E-state index contributed by atoms with van der Waals surface area (Å²) in [7, 11) is 0. The number of hydrogen-bond acceptors (Lipinski definition) is 7. The molecule has 7 heteroatoms. The van der Waals surface area contributed by atoms with Crippen molar-refractivity contribution in [3.63, 3.8) is 0 Å². The van der Waals surface area contributed by atoms with E-state index >= 15 is 0 Å². The zero-order chi connectivity index (χ0) is 19.1. The van der Waals surface area contributed by atoms with E-state index in [1.54, 1.807) is 0 Å². The van der Waals surface area contributed by atoms with E-state index in [9.17, 15) is 5.26 Å². The molecule has 0 bridgehead atoms. The Balaban J connectivity index is 1.59. The van der Waals surface area contributed by atoms with Crippen molar-refractivity contribution >= 4 is 23.3 Å². The van der Waals surface area contributed by atoms with E-state index in [1.165, 1.54) is 0 Å². The lowest BCUT2D eigenvalue weighted by atomic mass is 10.0. The lowest BCUT2D eigenvalue weighted by Crippen LogP contribution is -2.39. The first kappa shape index (κ1) is 18.8. The molecule has 3 rings (SSSR count). The molecular weight excluding hydrogens is 338 g/mol. The van der Waals surface area contributed by atoms with Gasteiger partial charge in [-0.3, -0.25) is 0 Å². The van der Waals surface area contributed by atoms with Crippen molar-refractivity contribution in [2.75, 3.05) is 40.9 Å². The molecule has 0 aliphatic carbocycles. The highest BCUT2D eigenvalue weighted by molar-refractivity contribution is 5.58. The maximum atomic E-state index is 9.24. The number of hydrogen-bond donors (Lipinski definition) is 3. The van der Waals surface area contributed by atoms with Gasteiger partial charge in [-0.15, -0.1) is 0 Å². The fraction of sp³-hybridized carbons (Fsp3) is 0.450. The number of benzene rings is 1. The summed E-state index contributed by atoms with van der Waals surface area (Å²) in [5.41, 5.74) is 7.50. The first-order chi connectivity index (χ1) is 13.2. The van der Waals surface area contributed by atoms with Gasteiger partial charge in [0, 0.05) is 31.7 Å². The van der Waals surface area contributed by atoms with Crippen molar-refractivity contribution in [2.24, 2.45) is 0 Å². The number of para-hydroxylation sites is 1. The summed E-state index contributed by atoms with van der Waals surface area (Å²) in [5, 5.41) is 16.1. The average molecular weight is 365 g/mol. The number of unbranched alkanes of at least 4 members (excludes halogenated alkanes) is 1. The van der Waals surface area contributed by atoms with Gasteiger partial charge < -0.3 is 21.3 Å². The number of nitrogens with one attached hydrogen (secondary N) is 2. The van der Waals surface area contributed by atoms with Gasteiger partial charge in [0.2, 0.25) is 5.95 Å². The number of nitrogens with two attached hydrogens (primary N) is 1. The van der Waals surface area contributed by atoms with Crippen LogP contribution in [-0.4, -0.2) is 35.6 Å². The van der Waals surface area contributed by atoms with Gasteiger partial charge in [0.25, 0.3) is 0 Å². The Kier molecular flexibility index (Phi) is 6.31. The van der Waals surface area contributed by atoms with E-state index in [0.29, 0.717) is 17.6 Å². The van der Waals surface area contributed by atoms with Gasteiger partial charge in [0.15, 0.2) is 0 Å². The Labute approximate surface area is 160 Å². The second-order valence-electron chi connectivity index (χ2n) is 6.81. The summed E-state index contributed by atoms with van der Waals surface area (Å²) in [5.74, 6) is 1.96. The van der Waals surface area contributed by atoms with Crippen LogP contribution in [0.1, 0.15) is 38.2 Å². The molecule has 2 heterocycles. The molecule has 27 heavy (non-hydrogen) atoms. The van der Waals surface area contributed by atoms with Gasteiger partial charge >= 0.3 is 0 Å². The van der Waals surface area contributed by atoms with Crippen molar-refractivity contribution in [1.82, 2.24) is 9.97 Å². The third-order valence-electron chi connectivity index (χ3n) is 4.79. The van der Waals surface area contributed by atoms with Crippen LogP contribution < -0.4 is 21.3 Å². The van der Waals surface area contributed by atoms with Crippen LogP contribution in [0, 0.1) is 11.3 Å². The maximum Gasteiger partial charge on any atom is 0.223 e. The van der Waals surface area contributed by atoms with Crippen LogP contribution in [0.25, 0.3) is 0 Å². The molecule has 1 aromatic heterocycles. The minimum absolute atomic E-state index is 0.301. The third kappa shape index (κ3) is 5.00. The van der Waals surface area contributed by atoms with Crippen molar-refractivity contribution in [1.29, 1.82) is 5.26 Å². The Morgan fingerprint density at radius 1 is 1.26 bits per heavy atom. The van der Waals surface area contributed by atoms with Crippen LogP contribution in [0.2, 0.25) is 0 Å². The van der Waals surface area contributed by atoms with E-state index in [1.807, 2.05) is 30.3 Å². The van der Waals surface area contributed by atoms with Gasteiger partial charge in [-0.2, -0.15) is 15.2 Å². The summed E-state index contributed by atoms with van der Waals surface area (Å²) in [6, 6.07) is 12.2. The number of aromatic nitrogens is 2. The smallest absolute Gasteiger partial charge is 0.223 e. The second-order valence-corrected chi connectivity index (χ2v) is 6.81. The normalized spacial score (nSPS) is 14.6. The molecule has 0 atom stereocenters. The van der Waals surface area contributed by atoms with Crippen LogP contribution in [0.3, 0.4) is 0 Å². The van der Waals surface area contributed by atoms with Gasteiger partial charge in [-0.25, -0.2) is 0 Å². The summed E-state index contributed by atoms with van der Waals surface area (Å²) in [4.78, 5) is 10.9. The Bertz CT molecular complexity index is 791. The highest BCUT2D eigenvalue weighted by Gasteiger charge is 2.21. The quantitative estimate of drug-likeness (QED) is 0.647. The molecule has 2 aromatic rings. The second kappa shape index (κ2) is 9.08. The molecule has 1 fully saturated rings. The number of piperidine rings is 1. The molecule has 0 saturated carbocycles. The highest BCUT2D eigenvalue weighted by Crippen LogP contribution is 2.24. The van der Waals surface area contributed by atoms with Crippen molar-refractivity contribution < 1.29 is 0 Å². The van der Waals surface area contributed by atoms with Gasteiger partial charge in [-0.1, -0.05) is 25.5 Å². The molecule has 0 amide bonds. The third-order valence-corrected chi connectivity index (χ3v) is 4.79. The molecule has 0 unspecified atom stereocenters. The monoisotopic (exact) mass is 365 g/mol. The van der Waals surface area contributed by atoms with E-state index in [2.05, 4.69) is 38.5 Å². The molecule has 4 N–H and O–H groups in total. The topological polar surface area (TPSA) is 103 Å². The van der Waals surface area contributed by atoms with Crippen molar-refractivity contribution in [3.8, 4) is 6.07 Å². The number of nitrogen functional groups attached to an aromatic ring is 1. The lowest BCUT2D eigenvalue weighted by molar-refractivity contribution is 0.523. The molecule has 1 aromatic carbocycles. The molecule has 1 saturated heterocycles. The van der Waals surface area contributed by atoms with E-state index < -0.39 is 0 Å². The molecule has 0 spiro atoms. The van der Waals surface area contributed by atoms with Crippen LogP contribution >= 0.6 is 0 Å². The van der Waals surface area contributed by atoms with Gasteiger partial charge in [-0.05, 0) is 31.4 Å². The molecule has 1 aliphatic heterocycles. The first-order valence-electron chi connectivity index (χ1n) is 9.58. The molecular formula is C20H27N7. The summed E-state index contributed by atoms with van der Waals surface area (Å²) in [6.07, 6.45) is 4.18. The average Bonchev–Trinajstić information content (AvgIpc) is 2.69. The molecule has 0 radical (unpaired) electrons. The first-order valence-corrected chi connectivity index (χ1v) is 9.58. The molecule has 7 nitrogen and oxygen atoms in total. The van der Waals surface area contributed by atoms with Crippen LogP contribution in [-0.2, 0) is 0 Å². The van der Waals surface area contributed by atoms with Crippen LogP contribution in [0.4, 0.5) is 23.3 Å². The van der Waals surface area contributed by atoms with E-state index in [4.69, 9.17) is 5.73 Å². The fourth-order valence-electron chi connectivity index (χ4n) is 3.28. The summed E-state index contributed by atoms with van der Waals surface area (Å²) < 4.78 is 0. The fourth-order valence-corrected chi connectivity index (χ4v) is 3.28. The SMILES string of the molecule is CCCCNc1cc(N2CCC(Nc3ccccc3C#N)CC2)nc(N)n1. The maximum absolute atomic E-state index is 9.24. The minimum atomic E-state index is 0.301. The summed E-state index contributed by atoms with van der Waals surface area (Å²) >= 11 is 0. The van der Waals surface area contributed by atoms with Crippen LogP contribution in [0.15, 0.2) is 30.3 Å². The predicted molar refractivity (Wildman–Crippen MR) is 110 cm³/mol. The van der Waals surface area contributed by atoms with E-state index in [0.717, 1.165) is 62.6 Å². The number of nitrogens with zero attached hydrogens (tertiary/aromatic N) is 4. The molecule has 1 aliphatic rings. The van der Waals surface area contributed by atoms with Crippen molar-refractivity contribution in [2.45, 2.75) is 38.6 Å². The van der Waals surface area contributed by atoms with Crippen molar-refractivity contribution in [3.05, 3.63) is 35.9 Å². The number of anilines is 4. The number of nitriles is 1. The molecule has 142 valence electrons. The number of rotatable bonds is 7. The zero-order valence-electron chi connectivity index (χ0n) is 15.8. The van der Waals surface area contributed by atoms with Gasteiger partial charge in [0.1, 0.15) is 17.7 Å². The Hall–Kier alpha value is -3.01. The standard InChI is InChI=1S/C20H27N7/c1-2-3-10-23-18-13-19(26-20(22)25-18)27-11-8-16(9-12-27)24-17-7-5-4-6-15(17)14-21/h4-7,13,16,24H,2-3,8-12H2,1H3,(H3,22,23,25,26).